The molecule has 5 nitrogen and oxygen atoms in total. The smallest absolute Gasteiger partial charge is 0.221 e. The van der Waals surface area contributed by atoms with Crippen molar-refractivity contribution in [2.24, 2.45) is 0 Å². The quantitative estimate of drug-likeness (QED) is 0.774. The second kappa shape index (κ2) is 9.08. The summed E-state index contributed by atoms with van der Waals surface area (Å²) >= 11 is 0. The zero-order valence-corrected chi connectivity index (χ0v) is 15.0. The van der Waals surface area contributed by atoms with Crippen LogP contribution in [0.25, 0.3) is 0 Å². The van der Waals surface area contributed by atoms with Gasteiger partial charge in [0.1, 0.15) is 5.75 Å². The molecule has 0 aromatic heterocycles. The highest BCUT2D eigenvalue weighted by Crippen LogP contribution is 2.31. The lowest BCUT2D eigenvalue weighted by Gasteiger charge is -2.31. The third-order valence-corrected chi connectivity index (χ3v) is 4.07. The van der Waals surface area contributed by atoms with Crippen LogP contribution in [0.3, 0.4) is 0 Å². The van der Waals surface area contributed by atoms with E-state index >= 15 is 0 Å². The molecule has 5 heteroatoms. The number of nitrogens with zero attached hydrogens (tertiary/aromatic N) is 1. The van der Waals surface area contributed by atoms with Crippen molar-refractivity contribution in [2.75, 3.05) is 30.5 Å². The van der Waals surface area contributed by atoms with Gasteiger partial charge in [-0.15, -0.1) is 0 Å². The molecule has 2 aromatic rings. The average Bonchev–Trinajstić information content (AvgIpc) is 2.60. The first-order valence-electron chi connectivity index (χ1n) is 8.42. The van der Waals surface area contributed by atoms with E-state index in [2.05, 4.69) is 29.3 Å². The number of aliphatic hydroxyl groups is 1. The number of rotatable bonds is 8. The van der Waals surface area contributed by atoms with Crippen molar-refractivity contribution >= 4 is 17.3 Å². The van der Waals surface area contributed by atoms with Crippen LogP contribution in [0.5, 0.6) is 5.75 Å². The largest absolute Gasteiger partial charge is 0.495 e. The molecule has 0 radical (unpaired) electrons. The Balaban J connectivity index is 2.27. The lowest BCUT2D eigenvalue weighted by molar-refractivity contribution is -0.114. The van der Waals surface area contributed by atoms with Crippen LogP contribution in [0.4, 0.5) is 11.4 Å². The molecule has 0 saturated heterocycles. The van der Waals surface area contributed by atoms with E-state index in [4.69, 9.17) is 4.74 Å². The maximum Gasteiger partial charge on any atom is 0.221 e. The molecule has 2 N–H and O–H groups in total. The molecule has 0 fully saturated rings. The highest BCUT2D eigenvalue weighted by Gasteiger charge is 2.17. The molecule has 0 aliphatic carbocycles. The number of hydrogen-bond acceptors (Lipinski definition) is 4. The Morgan fingerprint density at radius 3 is 2.56 bits per heavy atom. The van der Waals surface area contributed by atoms with Crippen molar-refractivity contribution in [3.63, 3.8) is 0 Å². The second-order valence-corrected chi connectivity index (χ2v) is 6.02. The monoisotopic (exact) mass is 342 g/mol. The molecule has 134 valence electrons. The number of benzene rings is 2. The standard InChI is InChI=1S/C20H26N2O3/c1-15(13-17-7-5-4-6-8-17)22(11-12-23)18-9-10-20(25-3)19(14-18)21-16(2)24/h4-10,14-15,23H,11-13H2,1-3H3,(H,21,24). The summed E-state index contributed by atoms with van der Waals surface area (Å²) in [6.07, 6.45) is 0.863. The van der Waals surface area contributed by atoms with Crippen LogP contribution in [-0.4, -0.2) is 37.3 Å². The summed E-state index contributed by atoms with van der Waals surface area (Å²) in [5.41, 5.74) is 2.80. The highest BCUT2D eigenvalue weighted by molar-refractivity contribution is 5.91. The highest BCUT2D eigenvalue weighted by atomic mass is 16.5. The van der Waals surface area contributed by atoms with Crippen molar-refractivity contribution in [1.82, 2.24) is 0 Å². The summed E-state index contributed by atoms with van der Waals surface area (Å²) < 4.78 is 5.31. The van der Waals surface area contributed by atoms with E-state index in [0.29, 0.717) is 18.0 Å². The van der Waals surface area contributed by atoms with Gasteiger partial charge in [0.25, 0.3) is 0 Å². The molecule has 0 heterocycles. The number of aliphatic hydroxyl groups excluding tert-OH is 1. The summed E-state index contributed by atoms with van der Waals surface area (Å²) in [6.45, 7) is 4.17. The van der Waals surface area contributed by atoms with E-state index in [1.54, 1.807) is 7.11 Å². The van der Waals surface area contributed by atoms with Crippen LogP contribution in [0, 0.1) is 0 Å². The van der Waals surface area contributed by atoms with Gasteiger partial charge in [0.05, 0.1) is 19.4 Å². The minimum absolute atomic E-state index is 0.0562. The van der Waals surface area contributed by atoms with Crippen molar-refractivity contribution in [3.05, 3.63) is 54.1 Å². The number of ether oxygens (including phenoxy) is 1. The first-order valence-corrected chi connectivity index (χ1v) is 8.42. The summed E-state index contributed by atoms with van der Waals surface area (Å²) in [5.74, 6) is 0.458. The minimum Gasteiger partial charge on any atom is -0.495 e. The molecule has 0 aliphatic heterocycles. The van der Waals surface area contributed by atoms with Gasteiger partial charge in [-0.1, -0.05) is 30.3 Å². The minimum atomic E-state index is -0.151. The van der Waals surface area contributed by atoms with Crippen molar-refractivity contribution < 1.29 is 14.6 Å². The number of anilines is 2. The van der Waals surface area contributed by atoms with E-state index < -0.39 is 0 Å². The average molecular weight is 342 g/mol. The summed E-state index contributed by atoms with van der Waals surface area (Å²) in [7, 11) is 1.57. The Morgan fingerprint density at radius 1 is 1.24 bits per heavy atom. The molecule has 2 aromatic carbocycles. The van der Waals surface area contributed by atoms with Crippen LogP contribution in [0.1, 0.15) is 19.4 Å². The number of hydrogen-bond donors (Lipinski definition) is 2. The Hall–Kier alpha value is -2.53. The number of nitrogens with one attached hydrogen (secondary N) is 1. The van der Waals surface area contributed by atoms with E-state index in [-0.39, 0.29) is 18.6 Å². The van der Waals surface area contributed by atoms with Crippen LogP contribution in [0.2, 0.25) is 0 Å². The van der Waals surface area contributed by atoms with Gasteiger partial charge in [-0.2, -0.15) is 0 Å². The molecule has 1 atom stereocenters. The van der Waals surface area contributed by atoms with Gasteiger partial charge in [-0.05, 0) is 37.1 Å². The summed E-state index contributed by atoms with van der Waals surface area (Å²) in [5, 5.41) is 12.3. The predicted octanol–water partition coefficient (Wildman–Crippen LogP) is 3.08. The summed E-state index contributed by atoms with van der Waals surface area (Å²) in [4.78, 5) is 13.6. The summed E-state index contributed by atoms with van der Waals surface area (Å²) in [6, 6.07) is 16.1. The number of carbonyl (C=O) groups is 1. The van der Waals surface area contributed by atoms with Crippen molar-refractivity contribution in [3.8, 4) is 5.75 Å². The fourth-order valence-electron chi connectivity index (χ4n) is 2.94. The Bertz CT molecular complexity index is 689. The first-order chi connectivity index (χ1) is 12.0. The topological polar surface area (TPSA) is 61.8 Å². The molecule has 1 unspecified atom stereocenters. The third-order valence-electron chi connectivity index (χ3n) is 4.07. The van der Waals surface area contributed by atoms with E-state index in [9.17, 15) is 9.90 Å². The van der Waals surface area contributed by atoms with Gasteiger partial charge >= 0.3 is 0 Å². The molecule has 0 spiro atoms. The number of carbonyl (C=O) groups excluding carboxylic acids is 1. The normalized spacial score (nSPS) is 11.7. The van der Waals surface area contributed by atoms with Gasteiger partial charge in [0, 0.05) is 25.2 Å². The van der Waals surface area contributed by atoms with Crippen LogP contribution < -0.4 is 15.0 Å². The Morgan fingerprint density at radius 2 is 1.96 bits per heavy atom. The van der Waals surface area contributed by atoms with E-state index in [1.807, 2.05) is 36.4 Å². The van der Waals surface area contributed by atoms with Gasteiger partial charge in [-0.25, -0.2) is 0 Å². The fraction of sp³-hybridized carbons (Fsp3) is 0.350. The molecule has 0 saturated carbocycles. The van der Waals surface area contributed by atoms with Crippen molar-refractivity contribution in [2.45, 2.75) is 26.3 Å². The van der Waals surface area contributed by atoms with Crippen LogP contribution >= 0.6 is 0 Å². The predicted molar refractivity (Wildman–Crippen MR) is 101 cm³/mol. The van der Waals surface area contributed by atoms with Gasteiger partial charge in [0.2, 0.25) is 5.91 Å². The lowest BCUT2D eigenvalue weighted by atomic mass is 10.0. The SMILES string of the molecule is COc1ccc(N(CCO)C(C)Cc2ccccc2)cc1NC(C)=O. The maximum absolute atomic E-state index is 11.4. The van der Waals surface area contributed by atoms with Gasteiger partial charge < -0.3 is 20.1 Å². The van der Waals surface area contributed by atoms with E-state index in [1.165, 1.54) is 12.5 Å². The molecule has 25 heavy (non-hydrogen) atoms. The van der Waals surface area contributed by atoms with Crippen LogP contribution in [0.15, 0.2) is 48.5 Å². The Labute approximate surface area is 149 Å². The van der Waals surface area contributed by atoms with Gasteiger partial charge in [-0.3, -0.25) is 4.79 Å². The molecular formula is C20H26N2O3. The molecule has 0 aliphatic rings. The van der Waals surface area contributed by atoms with Crippen LogP contribution in [-0.2, 0) is 11.2 Å². The fourth-order valence-corrected chi connectivity index (χ4v) is 2.94. The van der Waals surface area contributed by atoms with Gasteiger partial charge in [0.15, 0.2) is 0 Å². The molecule has 1 amide bonds. The van der Waals surface area contributed by atoms with Crippen molar-refractivity contribution in [1.29, 1.82) is 0 Å². The lowest BCUT2D eigenvalue weighted by Crippen LogP contribution is -2.37. The third kappa shape index (κ3) is 5.22. The van der Waals surface area contributed by atoms with E-state index in [0.717, 1.165) is 12.1 Å². The molecule has 0 bridgehead atoms. The molecular weight excluding hydrogens is 316 g/mol. The Kier molecular flexibility index (Phi) is 6.83. The molecule has 2 rings (SSSR count). The number of amides is 1. The zero-order valence-electron chi connectivity index (χ0n) is 15.0. The maximum atomic E-state index is 11.4. The zero-order chi connectivity index (χ0) is 18.2. The number of methoxy groups -OCH3 is 1. The first kappa shape index (κ1) is 18.8. The second-order valence-electron chi connectivity index (χ2n) is 6.02.